The van der Waals surface area contributed by atoms with E-state index in [0.717, 1.165) is 38.8 Å². The standard InChI is InChI=1S/C24H29ClN4O4S/c25-19-5-1-2-6-20(19)34(32,33)18-13-17(14-21(30)27-23(16-26)7-8-23)29(15-18)22(31)24(9-10-24)28-11-3-4-12-28/h1-2,5-6,17-18H,3-4,7-15H2,(H,27,30)/t17-,18-/m1/s1. The Bertz CT molecular complexity index is 1150. The van der Waals surface area contributed by atoms with E-state index < -0.39 is 32.2 Å². The molecule has 2 saturated carbocycles. The maximum Gasteiger partial charge on any atom is 0.243 e. The SMILES string of the molecule is N#CC1(NC(=O)C[C@H]2C[C@@H](S(=O)(=O)c3ccccc3Cl)CN2C(=O)C2(N3CCCC3)CC2)CC1. The summed E-state index contributed by atoms with van der Waals surface area (Å²) in [6.45, 7) is 1.79. The molecule has 0 bridgehead atoms. The highest BCUT2D eigenvalue weighted by molar-refractivity contribution is 7.92. The van der Waals surface area contributed by atoms with Gasteiger partial charge in [0.2, 0.25) is 11.8 Å². The number of nitrogens with one attached hydrogen (secondary N) is 1. The minimum absolute atomic E-state index is 0.0141. The van der Waals surface area contributed by atoms with Crippen LogP contribution < -0.4 is 5.32 Å². The van der Waals surface area contributed by atoms with E-state index in [1.165, 1.54) is 6.07 Å². The van der Waals surface area contributed by atoms with Gasteiger partial charge in [-0.25, -0.2) is 8.42 Å². The molecule has 4 aliphatic rings. The summed E-state index contributed by atoms with van der Waals surface area (Å²) >= 11 is 6.21. The normalized spacial score (nSPS) is 27.2. The summed E-state index contributed by atoms with van der Waals surface area (Å²) in [4.78, 5) is 30.5. The van der Waals surface area contributed by atoms with Crippen molar-refractivity contribution in [3.8, 4) is 6.07 Å². The molecular formula is C24H29ClN4O4S. The van der Waals surface area contributed by atoms with Crippen molar-refractivity contribution < 1.29 is 18.0 Å². The van der Waals surface area contributed by atoms with Gasteiger partial charge in [-0.2, -0.15) is 5.26 Å². The van der Waals surface area contributed by atoms with E-state index in [1.807, 2.05) is 0 Å². The summed E-state index contributed by atoms with van der Waals surface area (Å²) < 4.78 is 27.0. The summed E-state index contributed by atoms with van der Waals surface area (Å²) in [5.74, 6) is -0.380. The number of rotatable bonds is 7. The summed E-state index contributed by atoms with van der Waals surface area (Å²) in [6, 6.07) is 7.94. The topological polar surface area (TPSA) is 111 Å². The van der Waals surface area contributed by atoms with E-state index in [9.17, 15) is 23.3 Å². The first-order valence-electron chi connectivity index (χ1n) is 12.0. The predicted octanol–water partition coefficient (Wildman–Crippen LogP) is 2.27. The number of halogens is 1. The Kier molecular flexibility index (Phi) is 5.90. The highest BCUT2D eigenvalue weighted by Gasteiger charge is 2.59. The van der Waals surface area contributed by atoms with Crippen LogP contribution in [-0.4, -0.2) is 72.0 Å². The third-order valence-electron chi connectivity index (χ3n) is 7.82. The molecule has 182 valence electrons. The average Bonchev–Trinajstić information content (AvgIpc) is 3.67. The van der Waals surface area contributed by atoms with Gasteiger partial charge in [-0.15, -0.1) is 0 Å². The lowest BCUT2D eigenvalue weighted by Gasteiger charge is -2.33. The molecule has 34 heavy (non-hydrogen) atoms. The maximum atomic E-state index is 13.8. The van der Waals surface area contributed by atoms with Crippen molar-refractivity contribution in [3.63, 3.8) is 0 Å². The van der Waals surface area contributed by atoms with Gasteiger partial charge >= 0.3 is 0 Å². The van der Waals surface area contributed by atoms with Crippen molar-refractivity contribution >= 4 is 33.3 Å². The highest BCUT2D eigenvalue weighted by Crippen LogP contribution is 2.47. The van der Waals surface area contributed by atoms with Gasteiger partial charge in [0.25, 0.3) is 0 Å². The summed E-state index contributed by atoms with van der Waals surface area (Å²) in [5, 5.41) is 11.4. The van der Waals surface area contributed by atoms with Crippen molar-refractivity contribution in [1.82, 2.24) is 15.1 Å². The highest BCUT2D eigenvalue weighted by atomic mass is 35.5. The molecule has 10 heteroatoms. The summed E-state index contributed by atoms with van der Waals surface area (Å²) in [6.07, 6.45) is 5.03. The van der Waals surface area contributed by atoms with Crippen LogP contribution in [0.4, 0.5) is 0 Å². The Morgan fingerprint density at radius 1 is 1.15 bits per heavy atom. The molecule has 1 N–H and O–H groups in total. The van der Waals surface area contributed by atoms with E-state index >= 15 is 0 Å². The van der Waals surface area contributed by atoms with Gasteiger partial charge in [0.15, 0.2) is 9.84 Å². The molecule has 0 unspecified atom stereocenters. The second-order valence-electron chi connectivity index (χ2n) is 10.1. The van der Waals surface area contributed by atoms with Gasteiger partial charge in [0.05, 0.1) is 21.2 Å². The first kappa shape index (κ1) is 23.6. The molecule has 2 heterocycles. The molecule has 8 nitrogen and oxygen atoms in total. The summed E-state index contributed by atoms with van der Waals surface area (Å²) in [5.41, 5.74) is -1.36. The lowest BCUT2D eigenvalue weighted by atomic mass is 10.1. The van der Waals surface area contributed by atoms with E-state index in [0.29, 0.717) is 12.8 Å². The Morgan fingerprint density at radius 2 is 1.82 bits per heavy atom. The number of carbonyl (C=O) groups is 2. The first-order chi connectivity index (χ1) is 16.2. The Labute approximate surface area is 205 Å². The fourth-order valence-corrected chi connectivity index (χ4v) is 7.77. The number of likely N-dealkylation sites (tertiary alicyclic amines) is 2. The fraction of sp³-hybridized carbons (Fsp3) is 0.625. The van der Waals surface area contributed by atoms with E-state index in [2.05, 4.69) is 16.3 Å². The first-order valence-corrected chi connectivity index (χ1v) is 13.9. The van der Waals surface area contributed by atoms with Crippen LogP contribution in [0.15, 0.2) is 29.2 Å². The van der Waals surface area contributed by atoms with Crippen LogP contribution >= 0.6 is 11.6 Å². The van der Waals surface area contributed by atoms with Crippen molar-refractivity contribution in [1.29, 1.82) is 5.26 Å². The Morgan fingerprint density at radius 3 is 2.41 bits per heavy atom. The third kappa shape index (κ3) is 4.10. The molecule has 5 rings (SSSR count). The van der Waals surface area contributed by atoms with Crippen molar-refractivity contribution in [2.24, 2.45) is 0 Å². The number of benzene rings is 1. The number of nitrogens with zero attached hydrogens (tertiary/aromatic N) is 3. The number of hydrogen-bond acceptors (Lipinski definition) is 6. The molecule has 2 amide bonds. The second kappa shape index (κ2) is 8.51. The Balaban J connectivity index is 1.40. The minimum Gasteiger partial charge on any atom is -0.338 e. The number of carbonyl (C=O) groups excluding carboxylic acids is 2. The van der Waals surface area contributed by atoms with Gasteiger partial charge in [0, 0.05) is 19.0 Å². The van der Waals surface area contributed by atoms with Gasteiger partial charge in [-0.1, -0.05) is 23.7 Å². The van der Waals surface area contributed by atoms with Crippen LogP contribution in [0, 0.1) is 11.3 Å². The third-order valence-corrected chi connectivity index (χ3v) is 10.4. The van der Waals surface area contributed by atoms with Crippen LogP contribution in [0.25, 0.3) is 0 Å². The van der Waals surface area contributed by atoms with Crippen LogP contribution in [-0.2, 0) is 19.4 Å². The van der Waals surface area contributed by atoms with E-state index in [1.54, 1.807) is 23.1 Å². The van der Waals surface area contributed by atoms with Crippen LogP contribution in [0.5, 0.6) is 0 Å². The van der Waals surface area contributed by atoms with Gasteiger partial charge in [-0.05, 0) is 70.2 Å². The van der Waals surface area contributed by atoms with Crippen molar-refractivity contribution in [3.05, 3.63) is 29.3 Å². The van der Waals surface area contributed by atoms with E-state index in [-0.39, 0.29) is 41.1 Å². The minimum atomic E-state index is -3.80. The van der Waals surface area contributed by atoms with Crippen LogP contribution in [0.3, 0.4) is 0 Å². The number of hydrogen-bond donors (Lipinski definition) is 1. The van der Waals surface area contributed by atoms with Gasteiger partial charge in [-0.3, -0.25) is 14.5 Å². The zero-order valence-corrected chi connectivity index (χ0v) is 20.6. The predicted molar refractivity (Wildman–Crippen MR) is 126 cm³/mol. The molecule has 2 aliphatic carbocycles. The van der Waals surface area contributed by atoms with Gasteiger partial charge in [0.1, 0.15) is 11.1 Å². The largest absolute Gasteiger partial charge is 0.338 e. The molecule has 2 aliphatic heterocycles. The van der Waals surface area contributed by atoms with E-state index in [4.69, 9.17) is 11.6 Å². The van der Waals surface area contributed by atoms with Crippen molar-refractivity contribution in [2.75, 3.05) is 19.6 Å². The zero-order valence-electron chi connectivity index (χ0n) is 19.0. The van der Waals surface area contributed by atoms with Gasteiger partial charge < -0.3 is 10.2 Å². The molecule has 0 spiro atoms. The van der Waals surface area contributed by atoms with Crippen LogP contribution in [0.1, 0.15) is 51.4 Å². The smallest absolute Gasteiger partial charge is 0.243 e. The number of nitriles is 1. The molecule has 1 aromatic rings. The average molecular weight is 505 g/mol. The maximum absolute atomic E-state index is 13.8. The lowest BCUT2D eigenvalue weighted by Crippen LogP contribution is -2.52. The van der Waals surface area contributed by atoms with Crippen LogP contribution in [0.2, 0.25) is 5.02 Å². The lowest BCUT2D eigenvalue weighted by molar-refractivity contribution is -0.139. The number of amides is 2. The zero-order chi connectivity index (χ0) is 24.1. The fourth-order valence-electron chi connectivity index (χ4n) is 5.51. The monoisotopic (exact) mass is 504 g/mol. The molecule has 2 saturated heterocycles. The second-order valence-corrected chi connectivity index (χ2v) is 12.7. The molecule has 1 aromatic carbocycles. The Hall–Kier alpha value is -2.15. The molecule has 4 fully saturated rings. The molecular weight excluding hydrogens is 476 g/mol. The molecule has 2 atom stereocenters. The molecule has 0 aromatic heterocycles. The number of sulfone groups is 1. The summed E-state index contributed by atoms with van der Waals surface area (Å²) in [7, 11) is -3.80. The quantitative estimate of drug-likeness (QED) is 0.610. The molecule has 0 radical (unpaired) electrons. The van der Waals surface area contributed by atoms with Crippen molar-refractivity contribution in [2.45, 2.75) is 78.6 Å².